The van der Waals surface area contributed by atoms with Gasteiger partial charge in [0.05, 0.1) is 0 Å². The van der Waals surface area contributed by atoms with Crippen LogP contribution in [0.3, 0.4) is 0 Å². The molecule has 1 heterocycles. The summed E-state index contributed by atoms with van der Waals surface area (Å²) in [4.78, 5) is 13.2. The maximum atomic E-state index is 10.9. The van der Waals surface area contributed by atoms with Gasteiger partial charge in [-0.2, -0.15) is 0 Å². The molecule has 0 aromatic carbocycles. The van der Waals surface area contributed by atoms with Crippen LogP contribution in [0, 0.1) is 0 Å². The van der Waals surface area contributed by atoms with Gasteiger partial charge in [-0.3, -0.25) is 9.69 Å². The van der Waals surface area contributed by atoms with Crippen molar-refractivity contribution in [1.82, 2.24) is 4.90 Å². The standard InChI is InChI=1S/C10H21N3O/c1-10(2)4-3-5-13(10)8(7-11)6-9(12)14/h8H,3-7,11H2,1-2H3,(H2,12,14). The van der Waals surface area contributed by atoms with Crippen molar-refractivity contribution in [1.29, 1.82) is 0 Å². The Kier molecular flexibility index (Phi) is 3.50. The highest BCUT2D eigenvalue weighted by Crippen LogP contribution is 2.30. The zero-order valence-corrected chi connectivity index (χ0v) is 9.12. The van der Waals surface area contributed by atoms with Crippen LogP contribution in [0.15, 0.2) is 0 Å². The lowest BCUT2D eigenvalue weighted by Gasteiger charge is -2.37. The van der Waals surface area contributed by atoms with Crippen molar-refractivity contribution < 1.29 is 4.79 Å². The average Bonchev–Trinajstić information content (AvgIpc) is 2.41. The Morgan fingerprint density at radius 3 is 2.57 bits per heavy atom. The summed E-state index contributed by atoms with van der Waals surface area (Å²) in [6.45, 7) is 5.93. The summed E-state index contributed by atoms with van der Waals surface area (Å²) < 4.78 is 0. The zero-order chi connectivity index (χ0) is 10.8. The molecule has 0 aromatic rings. The molecule has 1 saturated heterocycles. The van der Waals surface area contributed by atoms with Gasteiger partial charge in [-0.05, 0) is 33.2 Å². The van der Waals surface area contributed by atoms with Crippen molar-refractivity contribution in [3.8, 4) is 0 Å². The van der Waals surface area contributed by atoms with Crippen LogP contribution in [0.1, 0.15) is 33.1 Å². The van der Waals surface area contributed by atoms with Crippen molar-refractivity contribution in [3.05, 3.63) is 0 Å². The number of nitrogens with two attached hydrogens (primary N) is 2. The van der Waals surface area contributed by atoms with Crippen LogP contribution in [0.25, 0.3) is 0 Å². The van der Waals surface area contributed by atoms with Crippen molar-refractivity contribution in [2.75, 3.05) is 13.1 Å². The Hall–Kier alpha value is -0.610. The minimum absolute atomic E-state index is 0.116. The van der Waals surface area contributed by atoms with Gasteiger partial charge >= 0.3 is 0 Å². The van der Waals surface area contributed by atoms with Crippen LogP contribution in [0.2, 0.25) is 0 Å². The highest BCUT2D eigenvalue weighted by atomic mass is 16.1. The SMILES string of the molecule is CC1(C)CCCN1C(CN)CC(N)=O. The Morgan fingerprint density at radius 2 is 2.21 bits per heavy atom. The van der Waals surface area contributed by atoms with Gasteiger partial charge in [-0.15, -0.1) is 0 Å². The summed E-state index contributed by atoms with van der Waals surface area (Å²) in [7, 11) is 0. The van der Waals surface area contributed by atoms with E-state index in [0.717, 1.165) is 6.54 Å². The third-order valence-corrected chi connectivity index (χ3v) is 3.11. The van der Waals surface area contributed by atoms with Gasteiger partial charge in [0, 0.05) is 24.5 Å². The number of likely N-dealkylation sites (tertiary alicyclic amines) is 1. The van der Waals surface area contributed by atoms with Gasteiger partial charge in [-0.25, -0.2) is 0 Å². The highest BCUT2D eigenvalue weighted by Gasteiger charge is 2.36. The fourth-order valence-electron chi connectivity index (χ4n) is 2.36. The number of carbonyl (C=O) groups excluding carboxylic acids is 1. The summed E-state index contributed by atoms with van der Waals surface area (Å²) in [6.07, 6.45) is 2.73. The number of rotatable bonds is 4. The Bertz CT molecular complexity index is 215. The summed E-state index contributed by atoms with van der Waals surface area (Å²) in [5, 5.41) is 0. The van der Waals surface area contributed by atoms with E-state index in [9.17, 15) is 4.79 Å². The first-order valence-electron chi connectivity index (χ1n) is 5.22. The lowest BCUT2D eigenvalue weighted by molar-refractivity contribution is -0.119. The minimum Gasteiger partial charge on any atom is -0.370 e. The lowest BCUT2D eigenvalue weighted by Crippen LogP contribution is -2.50. The average molecular weight is 199 g/mol. The Balaban J connectivity index is 2.64. The van der Waals surface area contributed by atoms with Crippen molar-refractivity contribution >= 4 is 5.91 Å². The molecule has 4 N–H and O–H groups in total. The predicted octanol–water partition coefficient (Wildman–Crippen LogP) is 0.0635. The highest BCUT2D eigenvalue weighted by molar-refractivity contribution is 5.74. The first kappa shape index (κ1) is 11.5. The van der Waals surface area contributed by atoms with Crippen LogP contribution in [-0.4, -0.2) is 35.5 Å². The van der Waals surface area contributed by atoms with E-state index in [1.807, 2.05) is 0 Å². The second kappa shape index (κ2) is 4.28. The van der Waals surface area contributed by atoms with Gasteiger partial charge in [0.15, 0.2) is 0 Å². The summed E-state index contributed by atoms with van der Waals surface area (Å²) in [6, 6.07) is 0.116. The molecule has 0 aliphatic carbocycles. The topological polar surface area (TPSA) is 72.3 Å². The lowest BCUT2D eigenvalue weighted by atomic mass is 9.99. The number of amides is 1. The fraction of sp³-hybridized carbons (Fsp3) is 0.900. The second-order valence-electron chi connectivity index (χ2n) is 4.67. The third kappa shape index (κ3) is 2.45. The van der Waals surface area contributed by atoms with E-state index in [2.05, 4.69) is 18.7 Å². The Morgan fingerprint density at radius 1 is 1.57 bits per heavy atom. The van der Waals surface area contributed by atoms with Gasteiger partial charge in [-0.1, -0.05) is 0 Å². The molecule has 82 valence electrons. The maximum absolute atomic E-state index is 10.9. The van der Waals surface area contributed by atoms with Gasteiger partial charge in [0.2, 0.25) is 5.91 Å². The first-order chi connectivity index (χ1) is 6.47. The van der Waals surface area contributed by atoms with Crippen LogP contribution in [0.5, 0.6) is 0 Å². The van der Waals surface area contributed by atoms with Crippen LogP contribution in [-0.2, 0) is 4.79 Å². The van der Waals surface area contributed by atoms with Crippen LogP contribution in [0.4, 0.5) is 0 Å². The molecule has 0 radical (unpaired) electrons. The van der Waals surface area contributed by atoms with Crippen molar-refractivity contribution in [2.45, 2.75) is 44.7 Å². The van der Waals surface area contributed by atoms with E-state index < -0.39 is 0 Å². The number of nitrogens with zero attached hydrogens (tertiary/aromatic N) is 1. The predicted molar refractivity (Wildman–Crippen MR) is 56.7 cm³/mol. The molecule has 1 amide bonds. The molecule has 0 spiro atoms. The molecule has 1 atom stereocenters. The van der Waals surface area contributed by atoms with Gasteiger partial charge < -0.3 is 11.5 Å². The largest absolute Gasteiger partial charge is 0.370 e. The molecular formula is C10H21N3O. The molecule has 1 aliphatic rings. The molecule has 0 aromatic heterocycles. The number of hydrogen-bond acceptors (Lipinski definition) is 3. The monoisotopic (exact) mass is 199 g/mol. The van der Waals surface area contributed by atoms with E-state index in [-0.39, 0.29) is 17.5 Å². The quantitative estimate of drug-likeness (QED) is 0.672. The maximum Gasteiger partial charge on any atom is 0.219 e. The van der Waals surface area contributed by atoms with Crippen LogP contribution >= 0.6 is 0 Å². The zero-order valence-electron chi connectivity index (χ0n) is 9.12. The minimum atomic E-state index is -0.261. The van der Waals surface area contributed by atoms with E-state index >= 15 is 0 Å². The van der Waals surface area contributed by atoms with E-state index in [1.165, 1.54) is 12.8 Å². The Labute approximate surface area is 85.6 Å². The summed E-state index contributed by atoms with van der Waals surface area (Å²) in [5.41, 5.74) is 11.0. The van der Waals surface area contributed by atoms with Crippen molar-refractivity contribution in [3.63, 3.8) is 0 Å². The molecule has 4 heteroatoms. The van der Waals surface area contributed by atoms with Gasteiger partial charge in [0.25, 0.3) is 0 Å². The molecule has 1 aliphatic heterocycles. The number of hydrogen-bond donors (Lipinski definition) is 2. The summed E-state index contributed by atoms with van der Waals surface area (Å²) >= 11 is 0. The first-order valence-corrected chi connectivity index (χ1v) is 5.22. The van der Waals surface area contributed by atoms with E-state index in [0.29, 0.717) is 13.0 Å². The molecule has 1 fully saturated rings. The van der Waals surface area contributed by atoms with Crippen LogP contribution < -0.4 is 11.5 Å². The fourth-order valence-corrected chi connectivity index (χ4v) is 2.36. The smallest absolute Gasteiger partial charge is 0.219 e. The molecular weight excluding hydrogens is 178 g/mol. The molecule has 0 bridgehead atoms. The number of carbonyl (C=O) groups is 1. The van der Waals surface area contributed by atoms with E-state index in [1.54, 1.807) is 0 Å². The second-order valence-corrected chi connectivity index (χ2v) is 4.67. The normalized spacial score (nSPS) is 23.6. The molecule has 4 nitrogen and oxygen atoms in total. The number of primary amides is 1. The molecule has 1 unspecified atom stereocenters. The molecule has 14 heavy (non-hydrogen) atoms. The van der Waals surface area contributed by atoms with Crippen molar-refractivity contribution in [2.24, 2.45) is 11.5 Å². The van der Waals surface area contributed by atoms with E-state index in [4.69, 9.17) is 11.5 Å². The molecule has 1 rings (SSSR count). The molecule has 0 saturated carbocycles. The van der Waals surface area contributed by atoms with Gasteiger partial charge in [0.1, 0.15) is 0 Å². The third-order valence-electron chi connectivity index (χ3n) is 3.11. The summed E-state index contributed by atoms with van der Waals surface area (Å²) in [5.74, 6) is -0.261.